The summed E-state index contributed by atoms with van der Waals surface area (Å²) >= 11 is 7.27. The van der Waals surface area contributed by atoms with Gasteiger partial charge in [0.25, 0.3) is 0 Å². The lowest BCUT2D eigenvalue weighted by Gasteiger charge is -2.25. The maximum Gasteiger partial charge on any atom is 0.306 e. The number of halogens is 1. The van der Waals surface area contributed by atoms with Crippen molar-refractivity contribution in [2.75, 3.05) is 5.32 Å². The largest absolute Gasteiger partial charge is 0.481 e. The topological polar surface area (TPSA) is 103 Å². The number of carbonyl (C=O) groups is 2. The van der Waals surface area contributed by atoms with Crippen LogP contribution < -0.4 is 5.32 Å². The van der Waals surface area contributed by atoms with Crippen molar-refractivity contribution in [1.29, 1.82) is 5.26 Å². The van der Waals surface area contributed by atoms with E-state index >= 15 is 0 Å². The molecule has 6 nitrogen and oxygen atoms in total. The molecule has 0 spiro atoms. The summed E-state index contributed by atoms with van der Waals surface area (Å²) in [6, 6.07) is 9.15. The third-order valence-corrected chi connectivity index (χ3v) is 5.69. The summed E-state index contributed by atoms with van der Waals surface area (Å²) in [6.07, 6.45) is 2.30. The molecule has 1 fully saturated rings. The van der Waals surface area contributed by atoms with E-state index in [-0.39, 0.29) is 11.8 Å². The number of rotatable bonds is 4. The highest BCUT2D eigenvalue weighted by molar-refractivity contribution is 7.16. The minimum Gasteiger partial charge on any atom is -0.481 e. The van der Waals surface area contributed by atoms with E-state index in [0.717, 1.165) is 11.3 Å². The van der Waals surface area contributed by atoms with E-state index in [0.29, 0.717) is 52.0 Å². The summed E-state index contributed by atoms with van der Waals surface area (Å²) in [5, 5.41) is 22.1. The first-order chi connectivity index (χ1) is 12.5. The minimum atomic E-state index is -0.857. The number of thiazole rings is 1. The fourth-order valence-electron chi connectivity index (χ4n) is 3.14. The molecule has 1 aliphatic rings. The van der Waals surface area contributed by atoms with Crippen LogP contribution in [0.15, 0.2) is 24.3 Å². The molecule has 3 rings (SSSR count). The lowest BCUT2D eigenvalue weighted by Crippen LogP contribution is -2.30. The molecule has 1 aromatic carbocycles. The maximum atomic E-state index is 12.5. The normalized spacial score (nSPS) is 19.5. The molecule has 8 heteroatoms. The average molecular weight is 390 g/mol. The van der Waals surface area contributed by atoms with Crippen LogP contribution in [0.4, 0.5) is 5.13 Å². The van der Waals surface area contributed by atoms with Gasteiger partial charge in [-0.25, -0.2) is 4.98 Å². The van der Waals surface area contributed by atoms with Crippen molar-refractivity contribution < 1.29 is 14.7 Å². The zero-order valence-electron chi connectivity index (χ0n) is 13.7. The van der Waals surface area contributed by atoms with Gasteiger partial charge in [-0.2, -0.15) is 5.26 Å². The molecule has 2 aromatic rings. The van der Waals surface area contributed by atoms with Crippen molar-refractivity contribution in [3.63, 3.8) is 0 Å². The Balaban J connectivity index is 1.79. The molecule has 1 aromatic heterocycles. The third-order valence-electron chi connectivity index (χ3n) is 4.48. The number of nitrogens with one attached hydrogen (secondary N) is 1. The van der Waals surface area contributed by atoms with E-state index in [1.807, 2.05) is 0 Å². The number of nitriles is 1. The summed E-state index contributed by atoms with van der Waals surface area (Å²) in [5.41, 5.74) is 1.07. The smallest absolute Gasteiger partial charge is 0.306 e. The molecule has 26 heavy (non-hydrogen) atoms. The number of benzene rings is 1. The lowest BCUT2D eigenvalue weighted by atomic mass is 9.81. The van der Waals surface area contributed by atoms with Crippen LogP contribution in [0.2, 0.25) is 5.02 Å². The standard InChI is InChI=1S/C18H16ClN3O3S/c19-13-7-2-1-6-12(13)15-14(9-20)26-18(21-15)22-16(23)10-4-3-5-11(8-10)17(24)25/h1-2,6-7,10-11H,3-5,8H2,(H,24,25)(H,21,22,23). The number of aliphatic carboxylic acids is 1. The number of anilines is 1. The van der Waals surface area contributed by atoms with Crippen LogP contribution in [-0.4, -0.2) is 22.0 Å². The lowest BCUT2D eigenvalue weighted by molar-refractivity contribution is -0.143. The second kappa shape index (κ2) is 7.85. The quantitative estimate of drug-likeness (QED) is 0.816. The molecule has 2 atom stereocenters. The first-order valence-corrected chi connectivity index (χ1v) is 9.38. The second-order valence-corrected chi connectivity index (χ2v) is 7.58. The van der Waals surface area contributed by atoms with Crippen molar-refractivity contribution in [3.8, 4) is 17.3 Å². The van der Waals surface area contributed by atoms with Crippen molar-refractivity contribution >= 4 is 39.9 Å². The van der Waals surface area contributed by atoms with Gasteiger partial charge in [0.1, 0.15) is 16.6 Å². The van der Waals surface area contributed by atoms with Crippen LogP contribution >= 0.6 is 22.9 Å². The van der Waals surface area contributed by atoms with Crippen molar-refractivity contribution in [3.05, 3.63) is 34.2 Å². The minimum absolute atomic E-state index is 0.250. The second-order valence-electron chi connectivity index (χ2n) is 6.18. The summed E-state index contributed by atoms with van der Waals surface area (Å²) in [6.45, 7) is 0. The van der Waals surface area contributed by atoms with Gasteiger partial charge in [-0.15, -0.1) is 0 Å². The van der Waals surface area contributed by atoms with Crippen LogP contribution in [-0.2, 0) is 9.59 Å². The fraction of sp³-hybridized carbons (Fsp3) is 0.333. The number of hydrogen-bond acceptors (Lipinski definition) is 5. The number of carboxylic acid groups (broad SMARTS) is 1. The molecule has 2 N–H and O–H groups in total. The Labute approximate surface area is 159 Å². The molecule has 0 radical (unpaired) electrons. The van der Waals surface area contributed by atoms with E-state index in [9.17, 15) is 14.9 Å². The zero-order valence-corrected chi connectivity index (χ0v) is 15.3. The number of amides is 1. The molecule has 0 aliphatic heterocycles. The van der Waals surface area contributed by atoms with E-state index in [1.165, 1.54) is 0 Å². The monoisotopic (exact) mass is 389 g/mol. The first kappa shape index (κ1) is 18.4. The Bertz CT molecular complexity index is 890. The van der Waals surface area contributed by atoms with Crippen LogP contribution in [0.3, 0.4) is 0 Å². The Kier molecular flexibility index (Phi) is 5.55. The molecule has 134 valence electrons. The molecule has 0 saturated heterocycles. The van der Waals surface area contributed by atoms with Crippen molar-refractivity contribution in [2.45, 2.75) is 25.7 Å². The Morgan fingerprint density at radius 1 is 1.31 bits per heavy atom. The van der Waals surface area contributed by atoms with Crippen molar-refractivity contribution in [2.24, 2.45) is 11.8 Å². The highest BCUT2D eigenvalue weighted by Gasteiger charge is 2.31. The van der Waals surface area contributed by atoms with Crippen LogP contribution in [0.25, 0.3) is 11.3 Å². The number of aromatic nitrogens is 1. The van der Waals surface area contributed by atoms with Crippen molar-refractivity contribution in [1.82, 2.24) is 4.98 Å². The molecular weight excluding hydrogens is 374 g/mol. The maximum absolute atomic E-state index is 12.5. The SMILES string of the molecule is N#Cc1sc(NC(=O)C2CCCC(C(=O)O)C2)nc1-c1ccccc1Cl. The van der Waals surface area contributed by atoms with Gasteiger partial charge in [-0.3, -0.25) is 9.59 Å². The van der Waals surface area contributed by atoms with Gasteiger partial charge in [0, 0.05) is 11.5 Å². The predicted molar refractivity (Wildman–Crippen MR) is 99.0 cm³/mol. The zero-order chi connectivity index (χ0) is 18.7. The van der Waals surface area contributed by atoms with Gasteiger partial charge in [-0.05, 0) is 25.3 Å². The highest BCUT2D eigenvalue weighted by Crippen LogP contribution is 2.35. The van der Waals surface area contributed by atoms with Crippen LogP contribution in [0.5, 0.6) is 0 Å². The molecule has 0 bridgehead atoms. The predicted octanol–water partition coefficient (Wildman–Crippen LogP) is 4.16. The van der Waals surface area contributed by atoms with E-state index < -0.39 is 11.9 Å². The summed E-state index contributed by atoms with van der Waals surface area (Å²) < 4.78 is 0. The molecule has 1 aliphatic carbocycles. The summed E-state index contributed by atoms with van der Waals surface area (Å²) in [5.74, 6) is -1.95. The van der Waals surface area contributed by atoms with Gasteiger partial charge in [0.2, 0.25) is 5.91 Å². The first-order valence-electron chi connectivity index (χ1n) is 8.19. The third kappa shape index (κ3) is 3.87. The van der Waals surface area contributed by atoms with Gasteiger partial charge >= 0.3 is 5.97 Å². The Morgan fingerprint density at radius 2 is 2.04 bits per heavy atom. The van der Waals surface area contributed by atoms with E-state index in [2.05, 4.69) is 16.4 Å². The van der Waals surface area contributed by atoms with Gasteiger partial charge < -0.3 is 10.4 Å². The summed E-state index contributed by atoms with van der Waals surface area (Å²) in [7, 11) is 0. The van der Waals surface area contributed by atoms with Crippen LogP contribution in [0, 0.1) is 23.2 Å². The average Bonchev–Trinajstić information content (AvgIpc) is 3.04. The molecule has 1 heterocycles. The molecular formula is C18H16ClN3O3S. The van der Waals surface area contributed by atoms with E-state index in [4.69, 9.17) is 16.7 Å². The highest BCUT2D eigenvalue weighted by atomic mass is 35.5. The number of nitrogens with zero attached hydrogens (tertiary/aromatic N) is 2. The molecule has 1 amide bonds. The Morgan fingerprint density at radius 3 is 2.73 bits per heavy atom. The fourth-order valence-corrected chi connectivity index (χ4v) is 4.15. The van der Waals surface area contributed by atoms with Crippen LogP contribution in [0.1, 0.15) is 30.6 Å². The summed E-state index contributed by atoms with van der Waals surface area (Å²) in [4.78, 5) is 28.4. The van der Waals surface area contributed by atoms with Gasteiger partial charge in [0.05, 0.1) is 10.9 Å². The van der Waals surface area contributed by atoms with E-state index in [1.54, 1.807) is 24.3 Å². The number of carbonyl (C=O) groups excluding carboxylic acids is 1. The Hall–Kier alpha value is -2.43. The molecule has 2 unspecified atom stereocenters. The van der Waals surface area contributed by atoms with Gasteiger partial charge in [-0.1, -0.05) is 47.6 Å². The number of carboxylic acids is 1. The molecule has 1 saturated carbocycles. The number of hydrogen-bond donors (Lipinski definition) is 2. The van der Waals surface area contributed by atoms with Gasteiger partial charge in [0.15, 0.2) is 5.13 Å².